The summed E-state index contributed by atoms with van der Waals surface area (Å²) in [5.41, 5.74) is 2.23. The van der Waals surface area contributed by atoms with E-state index in [1.54, 1.807) is 6.26 Å². The number of nitrogens with one attached hydrogen (secondary N) is 1. The molecule has 0 aliphatic rings. The van der Waals surface area contributed by atoms with Crippen LogP contribution in [-0.2, 0) is 0 Å². The van der Waals surface area contributed by atoms with Crippen molar-refractivity contribution in [2.24, 2.45) is 0 Å². The van der Waals surface area contributed by atoms with Crippen LogP contribution >= 0.6 is 11.8 Å². The van der Waals surface area contributed by atoms with Gasteiger partial charge in [-0.3, -0.25) is 4.79 Å². The van der Waals surface area contributed by atoms with Crippen molar-refractivity contribution in [3.8, 4) is 0 Å². The number of aryl methyl sites for hydroxylation is 1. The fourth-order valence-corrected chi connectivity index (χ4v) is 2.51. The van der Waals surface area contributed by atoms with Gasteiger partial charge in [-0.25, -0.2) is 4.39 Å². The second-order valence-corrected chi connectivity index (χ2v) is 5.83. The largest absolute Gasteiger partial charge is 0.387 e. The number of carbonyl (C=O) groups excluding carboxylic acids is 1. The van der Waals surface area contributed by atoms with Gasteiger partial charge in [0.2, 0.25) is 0 Å². The first-order chi connectivity index (χ1) is 10.5. The Morgan fingerprint density at radius 3 is 2.59 bits per heavy atom. The molecule has 3 nitrogen and oxygen atoms in total. The lowest BCUT2D eigenvalue weighted by Gasteiger charge is -2.13. The predicted octanol–water partition coefficient (Wildman–Crippen LogP) is 3.32. The van der Waals surface area contributed by atoms with Crippen LogP contribution in [0.4, 0.5) is 4.39 Å². The van der Waals surface area contributed by atoms with Crippen LogP contribution in [0, 0.1) is 12.7 Å². The van der Waals surface area contributed by atoms with Crippen LogP contribution in [-0.4, -0.2) is 23.8 Å². The van der Waals surface area contributed by atoms with Gasteiger partial charge in [-0.15, -0.1) is 11.8 Å². The zero-order valence-corrected chi connectivity index (χ0v) is 13.3. The summed E-state index contributed by atoms with van der Waals surface area (Å²) in [5, 5.41) is 12.7. The van der Waals surface area contributed by atoms with E-state index in [1.807, 2.05) is 31.2 Å². The SMILES string of the molecule is CSc1cc(C(=O)NCC(O)c2ccc(C)cc2)ccc1F. The molecule has 2 aromatic rings. The standard InChI is InChI=1S/C17H18FNO2S/c1-11-3-5-12(6-4-11)15(20)10-19-17(21)13-7-8-14(18)16(9-13)22-2/h3-9,15,20H,10H2,1-2H3,(H,19,21). The van der Waals surface area contributed by atoms with E-state index < -0.39 is 6.10 Å². The molecule has 22 heavy (non-hydrogen) atoms. The van der Waals surface area contributed by atoms with E-state index in [1.165, 1.54) is 30.0 Å². The molecule has 0 heterocycles. The molecule has 0 saturated carbocycles. The van der Waals surface area contributed by atoms with Crippen molar-refractivity contribution in [2.75, 3.05) is 12.8 Å². The Morgan fingerprint density at radius 2 is 1.95 bits per heavy atom. The van der Waals surface area contributed by atoms with E-state index in [2.05, 4.69) is 5.32 Å². The molecule has 0 aromatic heterocycles. The minimum atomic E-state index is -0.773. The highest BCUT2D eigenvalue weighted by Gasteiger charge is 2.12. The molecule has 116 valence electrons. The molecular formula is C17H18FNO2S. The second-order valence-electron chi connectivity index (χ2n) is 4.99. The average Bonchev–Trinajstić information content (AvgIpc) is 2.53. The summed E-state index contributed by atoms with van der Waals surface area (Å²) in [6.45, 7) is 2.07. The topological polar surface area (TPSA) is 49.3 Å². The minimum Gasteiger partial charge on any atom is -0.387 e. The smallest absolute Gasteiger partial charge is 0.251 e. The number of carbonyl (C=O) groups is 1. The second kappa shape index (κ2) is 7.42. The molecule has 0 radical (unpaired) electrons. The first-order valence-electron chi connectivity index (χ1n) is 6.87. The van der Waals surface area contributed by atoms with Crippen LogP contribution in [0.2, 0.25) is 0 Å². The van der Waals surface area contributed by atoms with E-state index >= 15 is 0 Å². The first kappa shape index (κ1) is 16.5. The summed E-state index contributed by atoms with van der Waals surface area (Å²) in [6, 6.07) is 11.7. The Labute approximate surface area is 133 Å². The number of amides is 1. The van der Waals surface area contributed by atoms with Gasteiger partial charge in [0.05, 0.1) is 6.10 Å². The highest BCUT2D eigenvalue weighted by molar-refractivity contribution is 7.98. The summed E-state index contributed by atoms with van der Waals surface area (Å²) in [5.74, 6) is -0.676. The van der Waals surface area contributed by atoms with Gasteiger partial charge in [-0.2, -0.15) is 0 Å². The first-order valence-corrected chi connectivity index (χ1v) is 8.10. The summed E-state index contributed by atoms with van der Waals surface area (Å²) in [7, 11) is 0. The Bertz CT molecular complexity index is 658. The normalized spacial score (nSPS) is 12.0. The Kier molecular flexibility index (Phi) is 5.57. The van der Waals surface area contributed by atoms with Crippen molar-refractivity contribution < 1.29 is 14.3 Å². The maximum Gasteiger partial charge on any atom is 0.251 e. The summed E-state index contributed by atoms with van der Waals surface area (Å²) < 4.78 is 13.4. The predicted molar refractivity (Wildman–Crippen MR) is 86.7 cm³/mol. The maximum atomic E-state index is 13.4. The molecule has 0 spiro atoms. The van der Waals surface area contributed by atoms with Crippen molar-refractivity contribution in [1.29, 1.82) is 0 Å². The Hall–Kier alpha value is -1.85. The number of aliphatic hydroxyl groups is 1. The van der Waals surface area contributed by atoms with Crippen LogP contribution in [0.15, 0.2) is 47.4 Å². The van der Waals surface area contributed by atoms with E-state index in [-0.39, 0.29) is 18.3 Å². The number of aliphatic hydroxyl groups excluding tert-OH is 1. The van der Waals surface area contributed by atoms with Crippen molar-refractivity contribution in [3.63, 3.8) is 0 Å². The molecule has 2 aromatic carbocycles. The number of benzene rings is 2. The monoisotopic (exact) mass is 319 g/mol. The number of rotatable bonds is 5. The zero-order valence-electron chi connectivity index (χ0n) is 12.5. The van der Waals surface area contributed by atoms with Crippen LogP contribution in [0.25, 0.3) is 0 Å². The van der Waals surface area contributed by atoms with Crippen LogP contribution in [0.1, 0.15) is 27.6 Å². The summed E-state index contributed by atoms with van der Waals surface area (Å²) >= 11 is 1.25. The molecule has 0 bridgehead atoms. The number of halogens is 1. The summed E-state index contributed by atoms with van der Waals surface area (Å²) in [6.07, 6.45) is 0.978. The molecule has 0 aliphatic heterocycles. The molecule has 2 N–H and O–H groups in total. The zero-order chi connectivity index (χ0) is 16.1. The maximum absolute atomic E-state index is 13.4. The number of hydrogen-bond acceptors (Lipinski definition) is 3. The van der Waals surface area contributed by atoms with Crippen LogP contribution in [0.3, 0.4) is 0 Å². The van der Waals surface area contributed by atoms with Crippen molar-refractivity contribution in [1.82, 2.24) is 5.32 Å². The van der Waals surface area contributed by atoms with E-state index in [4.69, 9.17) is 0 Å². The number of thioether (sulfide) groups is 1. The van der Waals surface area contributed by atoms with Gasteiger partial charge >= 0.3 is 0 Å². The lowest BCUT2D eigenvalue weighted by molar-refractivity contribution is 0.0916. The molecule has 0 aliphatic carbocycles. The fourth-order valence-electron chi connectivity index (χ4n) is 2.00. The Morgan fingerprint density at radius 1 is 1.27 bits per heavy atom. The minimum absolute atomic E-state index is 0.105. The van der Waals surface area contributed by atoms with Crippen molar-refractivity contribution in [3.05, 3.63) is 65.0 Å². The van der Waals surface area contributed by atoms with E-state index in [9.17, 15) is 14.3 Å². The molecule has 5 heteroatoms. The van der Waals surface area contributed by atoms with E-state index in [0.29, 0.717) is 10.5 Å². The van der Waals surface area contributed by atoms with Crippen molar-refractivity contribution >= 4 is 17.7 Å². The average molecular weight is 319 g/mol. The lowest BCUT2D eigenvalue weighted by atomic mass is 10.1. The summed E-state index contributed by atoms with van der Waals surface area (Å²) in [4.78, 5) is 12.5. The van der Waals surface area contributed by atoms with E-state index in [0.717, 1.165) is 11.1 Å². The lowest BCUT2D eigenvalue weighted by Crippen LogP contribution is -2.28. The van der Waals surface area contributed by atoms with Gasteiger partial charge in [0.25, 0.3) is 5.91 Å². The molecule has 1 atom stereocenters. The van der Waals surface area contributed by atoms with Crippen LogP contribution < -0.4 is 5.32 Å². The van der Waals surface area contributed by atoms with Crippen LogP contribution in [0.5, 0.6) is 0 Å². The molecular weight excluding hydrogens is 301 g/mol. The fraction of sp³-hybridized carbons (Fsp3) is 0.235. The molecule has 0 fully saturated rings. The third kappa shape index (κ3) is 4.08. The van der Waals surface area contributed by atoms with Gasteiger partial charge in [0.15, 0.2) is 0 Å². The van der Waals surface area contributed by atoms with Gasteiger partial charge in [0.1, 0.15) is 5.82 Å². The third-order valence-corrected chi connectivity index (χ3v) is 4.08. The number of hydrogen-bond donors (Lipinski definition) is 2. The molecule has 1 unspecified atom stereocenters. The quantitative estimate of drug-likeness (QED) is 0.831. The molecule has 0 saturated heterocycles. The highest BCUT2D eigenvalue weighted by Crippen LogP contribution is 2.20. The van der Waals surface area contributed by atoms with Gasteiger partial charge in [0, 0.05) is 17.0 Å². The van der Waals surface area contributed by atoms with Crippen molar-refractivity contribution in [2.45, 2.75) is 17.9 Å². The van der Waals surface area contributed by atoms with Gasteiger partial charge in [-0.05, 0) is 36.9 Å². The molecule has 2 rings (SSSR count). The highest BCUT2D eigenvalue weighted by atomic mass is 32.2. The Balaban J connectivity index is 1.99. The molecule has 1 amide bonds. The van der Waals surface area contributed by atoms with Gasteiger partial charge in [-0.1, -0.05) is 29.8 Å². The van der Waals surface area contributed by atoms with Gasteiger partial charge < -0.3 is 10.4 Å². The third-order valence-electron chi connectivity index (χ3n) is 3.33.